The molecule has 2 rings (SSSR count). The largest absolute Gasteiger partial charge is 0.389 e. The van der Waals surface area contributed by atoms with E-state index in [1.54, 1.807) is 0 Å². The van der Waals surface area contributed by atoms with Crippen LogP contribution >= 0.6 is 11.6 Å². The highest BCUT2D eigenvalue weighted by Crippen LogP contribution is 2.26. The monoisotopic (exact) mass is 311 g/mol. The molecule has 1 aliphatic rings. The minimum Gasteiger partial charge on any atom is -0.389 e. The summed E-state index contributed by atoms with van der Waals surface area (Å²) in [6.45, 7) is 5.13. The minimum atomic E-state index is -0.512. The van der Waals surface area contributed by atoms with Gasteiger partial charge in [-0.2, -0.15) is 0 Å². The van der Waals surface area contributed by atoms with Gasteiger partial charge in [0.1, 0.15) is 0 Å². The molecule has 3 nitrogen and oxygen atoms in total. The maximum absolute atomic E-state index is 10.0. The molecule has 0 spiro atoms. The lowest BCUT2D eigenvalue weighted by molar-refractivity contribution is -0.0245. The van der Waals surface area contributed by atoms with Gasteiger partial charge in [-0.05, 0) is 56.2 Å². The first kappa shape index (κ1) is 16.6. The molecule has 118 valence electrons. The minimum absolute atomic E-state index is 0.318. The van der Waals surface area contributed by atoms with Crippen LogP contribution in [0.15, 0.2) is 18.2 Å². The van der Waals surface area contributed by atoms with Crippen molar-refractivity contribution in [2.75, 3.05) is 18.5 Å². The summed E-state index contributed by atoms with van der Waals surface area (Å²) < 4.78 is 5.81. The lowest BCUT2D eigenvalue weighted by atomic mass is 9.89. The van der Waals surface area contributed by atoms with Crippen LogP contribution in [-0.4, -0.2) is 30.5 Å². The fraction of sp³-hybridized carbons (Fsp3) is 0.647. The molecule has 0 aromatic heterocycles. The first-order valence-corrected chi connectivity index (χ1v) is 8.22. The number of ether oxygens (including phenoxy) is 1. The van der Waals surface area contributed by atoms with E-state index in [1.165, 1.54) is 12.8 Å². The van der Waals surface area contributed by atoms with E-state index in [0.717, 1.165) is 30.0 Å². The molecule has 0 bridgehead atoms. The number of aryl methyl sites for hydroxylation is 1. The maximum Gasteiger partial charge on any atom is 0.0945 e. The molecule has 1 atom stereocenters. The molecule has 1 unspecified atom stereocenters. The van der Waals surface area contributed by atoms with Crippen LogP contribution in [0.2, 0.25) is 5.02 Å². The number of anilines is 1. The third kappa shape index (κ3) is 5.50. The quantitative estimate of drug-likeness (QED) is 0.834. The summed E-state index contributed by atoms with van der Waals surface area (Å²) in [4.78, 5) is 0. The van der Waals surface area contributed by atoms with Crippen LogP contribution in [0.4, 0.5) is 5.69 Å². The lowest BCUT2D eigenvalue weighted by Gasteiger charge is -2.27. The summed E-state index contributed by atoms with van der Waals surface area (Å²) in [5.41, 5.74) is 1.98. The summed E-state index contributed by atoms with van der Waals surface area (Å²) >= 11 is 6.15. The molecule has 1 aromatic rings. The van der Waals surface area contributed by atoms with Gasteiger partial charge in [-0.15, -0.1) is 0 Å². The van der Waals surface area contributed by atoms with Crippen molar-refractivity contribution < 1.29 is 9.84 Å². The predicted molar refractivity (Wildman–Crippen MR) is 88.1 cm³/mol. The van der Waals surface area contributed by atoms with Crippen molar-refractivity contribution in [3.05, 3.63) is 28.8 Å². The van der Waals surface area contributed by atoms with Gasteiger partial charge >= 0.3 is 0 Å². The molecule has 0 heterocycles. The average molecular weight is 312 g/mol. The Hall–Kier alpha value is -0.770. The van der Waals surface area contributed by atoms with Gasteiger partial charge in [-0.25, -0.2) is 0 Å². The zero-order chi connectivity index (χ0) is 15.2. The Morgan fingerprint density at radius 2 is 2.05 bits per heavy atom. The molecule has 1 aliphatic carbocycles. The van der Waals surface area contributed by atoms with Crippen LogP contribution in [0.3, 0.4) is 0 Å². The van der Waals surface area contributed by atoms with E-state index in [9.17, 15) is 5.11 Å². The highest BCUT2D eigenvalue weighted by molar-refractivity contribution is 6.33. The number of hydrogen-bond acceptors (Lipinski definition) is 3. The van der Waals surface area contributed by atoms with Gasteiger partial charge in [-0.1, -0.05) is 24.6 Å². The van der Waals surface area contributed by atoms with Crippen molar-refractivity contribution in [2.24, 2.45) is 5.92 Å². The highest BCUT2D eigenvalue weighted by Gasteiger charge is 2.19. The molecule has 0 aliphatic heterocycles. The summed E-state index contributed by atoms with van der Waals surface area (Å²) in [5.74, 6) is 0.820. The number of halogens is 1. The van der Waals surface area contributed by atoms with Gasteiger partial charge in [0.15, 0.2) is 0 Å². The van der Waals surface area contributed by atoms with Crippen LogP contribution in [0, 0.1) is 12.8 Å². The molecule has 1 fully saturated rings. The second-order valence-electron chi connectivity index (χ2n) is 6.23. The zero-order valence-electron chi connectivity index (χ0n) is 12.9. The first-order chi connectivity index (χ1) is 10.0. The number of benzene rings is 1. The van der Waals surface area contributed by atoms with Crippen LogP contribution in [0.25, 0.3) is 0 Å². The van der Waals surface area contributed by atoms with Crippen molar-refractivity contribution in [3.8, 4) is 0 Å². The Morgan fingerprint density at radius 3 is 2.71 bits per heavy atom. The third-order valence-electron chi connectivity index (χ3n) is 4.14. The molecule has 0 amide bonds. The van der Waals surface area contributed by atoms with Crippen LogP contribution in [0.5, 0.6) is 0 Å². The number of hydrogen-bond donors (Lipinski definition) is 2. The molecular weight excluding hydrogens is 286 g/mol. The van der Waals surface area contributed by atoms with Crippen LogP contribution in [0.1, 0.15) is 38.2 Å². The number of nitrogens with one attached hydrogen (secondary N) is 1. The van der Waals surface area contributed by atoms with Gasteiger partial charge < -0.3 is 15.2 Å². The van der Waals surface area contributed by atoms with Crippen molar-refractivity contribution >= 4 is 17.3 Å². The van der Waals surface area contributed by atoms with Gasteiger partial charge in [0, 0.05) is 6.54 Å². The molecule has 2 N–H and O–H groups in total. The van der Waals surface area contributed by atoms with E-state index >= 15 is 0 Å². The Bertz CT molecular complexity index is 444. The Labute approximate surface area is 132 Å². The highest BCUT2D eigenvalue weighted by atomic mass is 35.5. The van der Waals surface area contributed by atoms with E-state index in [1.807, 2.05) is 25.1 Å². The normalized spacial score (nSPS) is 23.8. The topological polar surface area (TPSA) is 41.5 Å². The second kappa shape index (κ2) is 8.02. The summed E-state index contributed by atoms with van der Waals surface area (Å²) in [7, 11) is 0. The van der Waals surface area contributed by atoms with E-state index in [2.05, 4.69) is 12.2 Å². The van der Waals surface area contributed by atoms with Crippen LogP contribution in [-0.2, 0) is 4.74 Å². The van der Waals surface area contributed by atoms with Crippen molar-refractivity contribution in [1.82, 2.24) is 0 Å². The lowest BCUT2D eigenvalue weighted by Crippen LogP contribution is -2.29. The van der Waals surface area contributed by atoms with Crippen molar-refractivity contribution in [1.29, 1.82) is 0 Å². The Kier molecular flexibility index (Phi) is 6.34. The number of aliphatic hydroxyl groups excluding tert-OH is 1. The molecular formula is C17H26ClNO2. The smallest absolute Gasteiger partial charge is 0.0945 e. The molecule has 1 aromatic carbocycles. The summed E-state index contributed by atoms with van der Waals surface area (Å²) in [6, 6.07) is 5.85. The van der Waals surface area contributed by atoms with Crippen molar-refractivity contribution in [3.63, 3.8) is 0 Å². The Morgan fingerprint density at radius 1 is 1.33 bits per heavy atom. The SMILES string of the molecule is Cc1ccc(NCC(O)COC2CCC(C)CC2)c(Cl)c1. The van der Waals surface area contributed by atoms with Gasteiger partial charge in [0.25, 0.3) is 0 Å². The van der Waals surface area contributed by atoms with Crippen molar-refractivity contribution in [2.45, 2.75) is 51.7 Å². The molecule has 0 radical (unpaired) electrons. The summed E-state index contributed by atoms with van der Waals surface area (Å²) in [6.07, 6.45) is 4.51. The van der Waals surface area contributed by atoms with E-state index < -0.39 is 6.10 Å². The molecule has 4 heteroatoms. The fourth-order valence-electron chi connectivity index (χ4n) is 2.69. The number of rotatable bonds is 6. The second-order valence-corrected chi connectivity index (χ2v) is 6.64. The molecule has 0 saturated heterocycles. The van der Waals surface area contributed by atoms with Gasteiger partial charge in [0.05, 0.1) is 29.5 Å². The van der Waals surface area contributed by atoms with E-state index in [0.29, 0.717) is 24.3 Å². The Balaban J connectivity index is 1.68. The predicted octanol–water partition coefficient (Wildman–Crippen LogP) is 4.02. The average Bonchev–Trinajstić information content (AvgIpc) is 2.46. The standard InChI is InChI=1S/C17H26ClNO2/c1-12-3-6-15(7-4-12)21-11-14(20)10-19-17-8-5-13(2)9-16(17)18/h5,8-9,12,14-15,19-20H,3-4,6-7,10-11H2,1-2H3. The van der Waals surface area contributed by atoms with E-state index in [-0.39, 0.29) is 0 Å². The van der Waals surface area contributed by atoms with Crippen LogP contribution < -0.4 is 5.32 Å². The molecule has 1 saturated carbocycles. The third-order valence-corrected chi connectivity index (χ3v) is 4.45. The fourth-order valence-corrected chi connectivity index (χ4v) is 3.00. The van der Waals surface area contributed by atoms with Gasteiger partial charge in [-0.3, -0.25) is 0 Å². The van der Waals surface area contributed by atoms with E-state index in [4.69, 9.17) is 16.3 Å². The number of aliphatic hydroxyl groups is 1. The van der Waals surface area contributed by atoms with Gasteiger partial charge in [0.2, 0.25) is 0 Å². The zero-order valence-corrected chi connectivity index (χ0v) is 13.7. The first-order valence-electron chi connectivity index (χ1n) is 7.84. The maximum atomic E-state index is 10.0. The molecule has 21 heavy (non-hydrogen) atoms. The summed E-state index contributed by atoms with van der Waals surface area (Å²) in [5, 5.41) is 13.9.